The zero-order valence-corrected chi connectivity index (χ0v) is 10.4. The number of pyridine rings is 1. The van der Waals surface area contributed by atoms with Gasteiger partial charge in [-0.05, 0) is 17.7 Å². The van der Waals surface area contributed by atoms with Crippen LogP contribution in [-0.2, 0) is 6.18 Å². The van der Waals surface area contributed by atoms with Gasteiger partial charge >= 0.3 is 11.9 Å². The summed E-state index contributed by atoms with van der Waals surface area (Å²) in [6.45, 7) is 0. The standard InChI is InChI=1S/C12H6ClF3N2O2/c13-11-9(5-17-6-10(11)18(19)20)7-2-1-3-8(4-7)12(14,15)16/h1-6H. The lowest BCUT2D eigenvalue weighted by atomic mass is 10.0. The van der Waals surface area contributed by atoms with Gasteiger partial charge in [0.05, 0.1) is 10.5 Å². The molecule has 0 aliphatic heterocycles. The molecule has 0 N–H and O–H groups in total. The molecule has 2 aromatic rings. The third-order valence-corrected chi connectivity index (χ3v) is 2.96. The smallest absolute Gasteiger partial charge is 0.258 e. The van der Waals surface area contributed by atoms with Crippen molar-refractivity contribution in [2.45, 2.75) is 6.18 Å². The molecule has 0 saturated carbocycles. The minimum atomic E-state index is -4.50. The Morgan fingerprint density at radius 2 is 1.95 bits per heavy atom. The molecule has 8 heteroatoms. The lowest BCUT2D eigenvalue weighted by Crippen LogP contribution is -2.04. The number of benzene rings is 1. The minimum absolute atomic E-state index is 0.0759. The molecule has 1 aromatic heterocycles. The molecule has 104 valence electrons. The van der Waals surface area contributed by atoms with Crippen LogP contribution in [0.5, 0.6) is 0 Å². The number of hydrogen-bond donors (Lipinski definition) is 0. The van der Waals surface area contributed by atoms with Gasteiger partial charge in [0.15, 0.2) is 0 Å². The topological polar surface area (TPSA) is 56.0 Å². The SMILES string of the molecule is O=[N+]([O-])c1cncc(-c2cccc(C(F)(F)F)c2)c1Cl. The van der Waals surface area contributed by atoms with E-state index in [9.17, 15) is 23.3 Å². The van der Waals surface area contributed by atoms with Crippen molar-refractivity contribution in [2.24, 2.45) is 0 Å². The molecule has 2 rings (SSSR count). The average Bonchev–Trinajstić information content (AvgIpc) is 2.38. The molecule has 0 amide bonds. The molecule has 0 spiro atoms. The molecule has 0 saturated heterocycles. The Labute approximate surface area is 116 Å². The maximum atomic E-state index is 12.6. The first-order valence-corrected chi connectivity index (χ1v) is 5.64. The summed E-state index contributed by atoms with van der Waals surface area (Å²) < 4.78 is 37.9. The summed E-state index contributed by atoms with van der Waals surface area (Å²) >= 11 is 5.84. The van der Waals surface area contributed by atoms with Gasteiger partial charge in [-0.15, -0.1) is 0 Å². The molecule has 20 heavy (non-hydrogen) atoms. The molecule has 4 nitrogen and oxygen atoms in total. The van der Waals surface area contributed by atoms with Crippen molar-refractivity contribution in [3.05, 3.63) is 57.4 Å². The Bertz CT molecular complexity index is 674. The molecule has 0 unspecified atom stereocenters. The molecule has 0 bridgehead atoms. The number of rotatable bonds is 2. The minimum Gasteiger partial charge on any atom is -0.258 e. The zero-order chi connectivity index (χ0) is 14.9. The number of nitro groups is 1. The van der Waals surface area contributed by atoms with Gasteiger partial charge in [0.2, 0.25) is 0 Å². The highest BCUT2D eigenvalue weighted by atomic mass is 35.5. The predicted molar refractivity (Wildman–Crippen MR) is 66.3 cm³/mol. The van der Waals surface area contributed by atoms with E-state index in [2.05, 4.69) is 4.98 Å². The maximum absolute atomic E-state index is 12.6. The number of halogens is 4. The first kappa shape index (κ1) is 14.3. The maximum Gasteiger partial charge on any atom is 0.416 e. The second-order valence-electron chi connectivity index (χ2n) is 3.86. The van der Waals surface area contributed by atoms with Crippen LogP contribution in [0.2, 0.25) is 5.02 Å². The van der Waals surface area contributed by atoms with E-state index in [1.807, 2.05) is 0 Å². The van der Waals surface area contributed by atoms with E-state index >= 15 is 0 Å². The van der Waals surface area contributed by atoms with Gasteiger partial charge in [-0.2, -0.15) is 13.2 Å². The normalized spacial score (nSPS) is 11.4. The highest BCUT2D eigenvalue weighted by molar-refractivity contribution is 6.35. The average molecular weight is 303 g/mol. The van der Waals surface area contributed by atoms with Crippen LogP contribution in [0.3, 0.4) is 0 Å². The Kier molecular flexibility index (Phi) is 3.63. The van der Waals surface area contributed by atoms with Crippen LogP contribution in [0.1, 0.15) is 5.56 Å². The van der Waals surface area contributed by atoms with E-state index in [1.165, 1.54) is 18.3 Å². The molecule has 0 aliphatic carbocycles. The van der Waals surface area contributed by atoms with E-state index < -0.39 is 22.4 Å². The van der Waals surface area contributed by atoms with Crippen molar-refractivity contribution < 1.29 is 18.1 Å². The van der Waals surface area contributed by atoms with Gasteiger partial charge < -0.3 is 0 Å². The van der Waals surface area contributed by atoms with Crippen LogP contribution in [0.25, 0.3) is 11.1 Å². The van der Waals surface area contributed by atoms with Gasteiger partial charge in [-0.25, -0.2) is 0 Å². The van der Waals surface area contributed by atoms with Gasteiger partial charge in [0.1, 0.15) is 11.2 Å². The van der Waals surface area contributed by atoms with E-state index in [-0.39, 0.29) is 16.1 Å². The number of hydrogen-bond acceptors (Lipinski definition) is 3. The second kappa shape index (κ2) is 5.09. The molecule has 1 heterocycles. The fourth-order valence-electron chi connectivity index (χ4n) is 1.63. The highest BCUT2D eigenvalue weighted by Crippen LogP contribution is 2.36. The molecule has 1 aromatic carbocycles. The summed E-state index contributed by atoms with van der Waals surface area (Å²) in [5, 5.41) is 10.5. The van der Waals surface area contributed by atoms with Crippen molar-refractivity contribution in [1.82, 2.24) is 4.98 Å². The van der Waals surface area contributed by atoms with Crippen LogP contribution in [-0.4, -0.2) is 9.91 Å². The Morgan fingerprint density at radius 1 is 1.25 bits per heavy atom. The highest BCUT2D eigenvalue weighted by Gasteiger charge is 2.30. The zero-order valence-electron chi connectivity index (χ0n) is 9.69. The molecule has 0 radical (unpaired) electrons. The van der Waals surface area contributed by atoms with E-state index in [0.29, 0.717) is 0 Å². The predicted octanol–water partition coefficient (Wildman–Crippen LogP) is 4.33. The van der Waals surface area contributed by atoms with Crippen LogP contribution >= 0.6 is 11.6 Å². The van der Waals surface area contributed by atoms with Crippen molar-refractivity contribution in [1.29, 1.82) is 0 Å². The third kappa shape index (κ3) is 2.72. The van der Waals surface area contributed by atoms with Crippen molar-refractivity contribution in [2.75, 3.05) is 0 Å². The molecule has 0 aliphatic rings. The van der Waals surface area contributed by atoms with Gasteiger partial charge in [0.25, 0.3) is 0 Å². The van der Waals surface area contributed by atoms with Crippen molar-refractivity contribution in [3.8, 4) is 11.1 Å². The van der Waals surface area contributed by atoms with Gasteiger partial charge in [0, 0.05) is 11.8 Å². The van der Waals surface area contributed by atoms with Crippen molar-refractivity contribution in [3.63, 3.8) is 0 Å². The summed E-state index contributed by atoms with van der Waals surface area (Å²) in [6, 6.07) is 4.35. The largest absolute Gasteiger partial charge is 0.416 e. The lowest BCUT2D eigenvalue weighted by Gasteiger charge is -2.09. The van der Waals surface area contributed by atoms with Gasteiger partial charge in [-0.1, -0.05) is 23.7 Å². The Morgan fingerprint density at radius 3 is 2.55 bits per heavy atom. The van der Waals surface area contributed by atoms with E-state index in [1.54, 1.807) is 0 Å². The van der Waals surface area contributed by atoms with Crippen LogP contribution < -0.4 is 0 Å². The van der Waals surface area contributed by atoms with Crippen LogP contribution in [0.4, 0.5) is 18.9 Å². The molecular formula is C12H6ClF3N2O2. The molecular weight excluding hydrogens is 297 g/mol. The third-order valence-electron chi connectivity index (χ3n) is 2.56. The summed E-state index contributed by atoms with van der Waals surface area (Å²) in [7, 11) is 0. The second-order valence-corrected chi connectivity index (χ2v) is 4.23. The molecule has 0 atom stereocenters. The number of aromatic nitrogens is 1. The Balaban J connectivity index is 2.58. The van der Waals surface area contributed by atoms with E-state index in [0.717, 1.165) is 18.3 Å². The van der Waals surface area contributed by atoms with Crippen LogP contribution in [0, 0.1) is 10.1 Å². The summed E-state index contributed by atoms with van der Waals surface area (Å²) in [5.74, 6) is 0. The summed E-state index contributed by atoms with van der Waals surface area (Å²) in [5.41, 5.74) is -1.13. The van der Waals surface area contributed by atoms with E-state index in [4.69, 9.17) is 11.6 Å². The Hall–Kier alpha value is -2.15. The van der Waals surface area contributed by atoms with Crippen molar-refractivity contribution >= 4 is 17.3 Å². The van der Waals surface area contributed by atoms with Crippen LogP contribution in [0.15, 0.2) is 36.7 Å². The fourth-order valence-corrected chi connectivity index (χ4v) is 1.90. The first-order valence-electron chi connectivity index (χ1n) is 5.26. The van der Waals surface area contributed by atoms with Gasteiger partial charge in [-0.3, -0.25) is 15.1 Å². The quantitative estimate of drug-likeness (QED) is 0.613. The first-order chi connectivity index (χ1) is 9.30. The lowest BCUT2D eigenvalue weighted by molar-refractivity contribution is -0.385. The summed E-state index contributed by atoms with van der Waals surface area (Å²) in [4.78, 5) is 13.6. The number of alkyl halides is 3. The number of nitrogens with zero attached hydrogens (tertiary/aromatic N) is 2. The monoisotopic (exact) mass is 302 g/mol. The summed E-state index contributed by atoms with van der Waals surface area (Å²) in [6.07, 6.45) is -2.37. The molecule has 0 fully saturated rings. The fraction of sp³-hybridized carbons (Fsp3) is 0.0833.